The van der Waals surface area contributed by atoms with Crippen LogP contribution in [0.2, 0.25) is 0 Å². The highest BCUT2D eigenvalue weighted by molar-refractivity contribution is 5.78. The Balaban J connectivity index is 1.77. The van der Waals surface area contributed by atoms with Crippen molar-refractivity contribution in [1.82, 2.24) is 15.5 Å². The molecule has 2 rings (SSSR count). The third-order valence-corrected chi connectivity index (χ3v) is 4.50. The van der Waals surface area contributed by atoms with Gasteiger partial charge in [0.1, 0.15) is 5.82 Å². The first kappa shape index (κ1) is 19.3. The van der Waals surface area contributed by atoms with Gasteiger partial charge in [-0.05, 0) is 43.5 Å². The van der Waals surface area contributed by atoms with Gasteiger partial charge in [-0.15, -0.1) is 0 Å². The van der Waals surface area contributed by atoms with Crippen LogP contribution < -0.4 is 10.6 Å². The first-order valence-corrected chi connectivity index (χ1v) is 8.57. The van der Waals surface area contributed by atoms with Crippen molar-refractivity contribution in [1.29, 1.82) is 0 Å². The molecule has 1 atom stereocenters. The van der Waals surface area contributed by atoms with Gasteiger partial charge < -0.3 is 15.7 Å². The van der Waals surface area contributed by atoms with Gasteiger partial charge >= 0.3 is 0 Å². The van der Waals surface area contributed by atoms with Gasteiger partial charge in [0.15, 0.2) is 0 Å². The standard InChI is InChI=1S/C18H26FN3O3/c1-20-16(23)7-9-18(25)8-2-10-22(13-18)12-17(24)21-11-14-3-5-15(19)6-4-14/h3-6,25H,2,7-13H2,1H3,(H,20,23)(H,21,24). The molecule has 3 N–H and O–H groups in total. The molecule has 138 valence electrons. The summed E-state index contributed by atoms with van der Waals surface area (Å²) in [4.78, 5) is 25.4. The lowest BCUT2D eigenvalue weighted by Crippen LogP contribution is -2.51. The summed E-state index contributed by atoms with van der Waals surface area (Å²) in [7, 11) is 1.57. The predicted octanol–water partition coefficient (Wildman–Crippen LogP) is 0.795. The number of nitrogens with zero attached hydrogens (tertiary/aromatic N) is 1. The summed E-state index contributed by atoms with van der Waals surface area (Å²) in [6.07, 6.45) is 2.09. The van der Waals surface area contributed by atoms with Crippen LogP contribution in [0.3, 0.4) is 0 Å². The van der Waals surface area contributed by atoms with Crippen LogP contribution in [0.15, 0.2) is 24.3 Å². The van der Waals surface area contributed by atoms with Gasteiger partial charge in [-0.2, -0.15) is 0 Å². The third kappa shape index (κ3) is 6.43. The van der Waals surface area contributed by atoms with Gasteiger partial charge in [0.05, 0.1) is 12.1 Å². The van der Waals surface area contributed by atoms with Crippen molar-refractivity contribution in [2.45, 2.75) is 37.8 Å². The Hall–Kier alpha value is -1.99. The number of rotatable bonds is 7. The Morgan fingerprint density at radius 2 is 2.00 bits per heavy atom. The molecular weight excluding hydrogens is 325 g/mol. The molecule has 1 unspecified atom stereocenters. The van der Waals surface area contributed by atoms with Gasteiger partial charge in [0.2, 0.25) is 11.8 Å². The van der Waals surface area contributed by atoms with Gasteiger partial charge in [0, 0.05) is 26.6 Å². The molecule has 7 heteroatoms. The number of β-amino-alcohol motifs (C(OH)–C–C–N with tert-alkyl or cyclic N) is 1. The summed E-state index contributed by atoms with van der Waals surface area (Å²) in [5.74, 6) is -0.540. The number of hydrogen-bond acceptors (Lipinski definition) is 4. The number of halogens is 1. The lowest BCUT2D eigenvalue weighted by atomic mass is 9.88. The first-order valence-electron chi connectivity index (χ1n) is 8.57. The number of hydrogen-bond donors (Lipinski definition) is 3. The second-order valence-electron chi connectivity index (χ2n) is 6.61. The molecule has 1 aliphatic rings. The molecule has 0 bridgehead atoms. The summed E-state index contributed by atoms with van der Waals surface area (Å²) in [6, 6.07) is 5.99. The number of carbonyl (C=O) groups is 2. The van der Waals surface area contributed by atoms with Crippen LogP contribution in [0, 0.1) is 5.82 Å². The van der Waals surface area contributed by atoms with E-state index in [4.69, 9.17) is 0 Å². The molecular formula is C18H26FN3O3. The molecule has 1 fully saturated rings. The monoisotopic (exact) mass is 351 g/mol. The zero-order valence-electron chi connectivity index (χ0n) is 14.6. The zero-order chi connectivity index (χ0) is 18.3. The number of nitrogens with one attached hydrogen (secondary N) is 2. The minimum absolute atomic E-state index is 0.0948. The minimum Gasteiger partial charge on any atom is -0.389 e. The summed E-state index contributed by atoms with van der Waals surface area (Å²) in [5, 5.41) is 16.0. The molecule has 0 aromatic heterocycles. The van der Waals surface area contributed by atoms with Crippen molar-refractivity contribution >= 4 is 11.8 Å². The van der Waals surface area contributed by atoms with E-state index in [1.165, 1.54) is 12.1 Å². The fraction of sp³-hybridized carbons (Fsp3) is 0.556. The minimum atomic E-state index is -0.929. The molecule has 1 aromatic rings. The Morgan fingerprint density at radius 3 is 2.68 bits per heavy atom. The molecule has 0 saturated carbocycles. The van der Waals surface area contributed by atoms with Crippen molar-refractivity contribution in [3.8, 4) is 0 Å². The molecule has 1 saturated heterocycles. The summed E-state index contributed by atoms with van der Waals surface area (Å²) in [6.45, 7) is 1.66. The van der Waals surface area contributed by atoms with E-state index < -0.39 is 5.60 Å². The first-order chi connectivity index (χ1) is 11.9. The number of carbonyl (C=O) groups excluding carboxylic acids is 2. The smallest absolute Gasteiger partial charge is 0.234 e. The van der Waals surface area contributed by atoms with E-state index in [1.54, 1.807) is 19.2 Å². The molecule has 0 spiro atoms. The summed E-state index contributed by atoms with van der Waals surface area (Å²) < 4.78 is 12.9. The van der Waals surface area contributed by atoms with E-state index in [2.05, 4.69) is 10.6 Å². The van der Waals surface area contributed by atoms with Gasteiger partial charge in [0.25, 0.3) is 0 Å². The van der Waals surface area contributed by atoms with Crippen LogP contribution in [0.25, 0.3) is 0 Å². The fourth-order valence-corrected chi connectivity index (χ4v) is 3.08. The molecule has 6 nitrogen and oxygen atoms in total. The second-order valence-corrected chi connectivity index (χ2v) is 6.61. The van der Waals surface area contributed by atoms with Crippen LogP contribution in [-0.4, -0.2) is 54.1 Å². The van der Waals surface area contributed by atoms with Crippen molar-refractivity contribution in [2.75, 3.05) is 26.7 Å². The van der Waals surface area contributed by atoms with Gasteiger partial charge in [-0.25, -0.2) is 4.39 Å². The zero-order valence-corrected chi connectivity index (χ0v) is 14.6. The molecule has 1 aromatic carbocycles. The SMILES string of the molecule is CNC(=O)CCC1(O)CCCN(CC(=O)NCc2ccc(F)cc2)C1. The molecule has 0 aliphatic carbocycles. The Kier molecular flexibility index (Phi) is 6.90. The van der Waals surface area contributed by atoms with Crippen molar-refractivity contribution < 1.29 is 19.1 Å². The quantitative estimate of drug-likeness (QED) is 0.679. The average molecular weight is 351 g/mol. The normalized spacial score (nSPS) is 20.9. The maximum absolute atomic E-state index is 12.9. The van der Waals surface area contributed by atoms with E-state index in [1.807, 2.05) is 4.90 Å². The second kappa shape index (κ2) is 8.92. The maximum atomic E-state index is 12.9. The topological polar surface area (TPSA) is 81.7 Å². The van der Waals surface area contributed by atoms with E-state index in [9.17, 15) is 19.1 Å². The molecule has 1 heterocycles. The van der Waals surface area contributed by atoms with E-state index in [-0.39, 0.29) is 30.6 Å². The molecule has 0 radical (unpaired) electrons. The molecule has 1 aliphatic heterocycles. The number of amides is 2. The van der Waals surface area contributed by atoms with Crippen LogP contribution in [0.1, 0.15) is 31.2 Å². The van der Waals surface area contributed by atoms with E-state index >= 15 is 0 Å². The number of likely N-dealkylation sites (tertiary alicyclic amines) is 1. The highest BCUT2D eigenvalue weighted by Crippen LogP contribution is 2.25. The van der Waals surface area contributed by atoms with Crippen LogP contribution in [0.4, 0.5) is 4.39 Å². The molecule has 2 amide bonds. The lowest BCUT2D eigenvalue weighted by Gasteiger charge is -2.38. The van der Waals surface area contributed by atoms with Crippen molar-refractivity contribution in [3.63, 3.8) is 0 Å². The van der Waals surface area contributed by atoms with Gasteiger partial charge in [-0.3, -0.25) is 14.5 Å². The highest BCUT2D eigenvalue weighted by Gasteiger charge is 2.33. The van der Waals surface area contributed by atoms with Crippen molar-refractivity contribution in [3.05, 3.63) is 35.6 Å². The number of piperidine rings is 1. The number of benzene rings is 1. The average Bonchev–Trinajstić information content (AvgIpc) is 2.59. The van der Waals surface area contributed by atoms with E-state index in [0.717, 1.165) is 18.5 Å². The Morgan fingerprint density at radius 1 is 1.28 bits per heavy atom. The Bertz CT molecular complexity index is 594. The lowest BCUT2D eigenvalue weighted by molar-refractivity contribution is -0.126. The van der Waals surface area contributed by atoms with E-state index in [0.29, 0.717) is 25.9 Å². The third-order valence-electron chi connectivity index (χ3n) is 4.50. The predicted molar refractivity (Wildman–Crippen MR) is 92.2 cm³/mol. The fourth-order valence-electron chi connectivity index (χ4n) is 3.08. The van der Waals surface area contributed by atoms with Crippen LogP contribution >= 0.6 is 0 Å². The highest BCUT2D eigenvalue weighted by atomic mass is 19.1. The summed E-state index contributed by atoms with van der Waals surface area (Å²) in [5.41, 5.74) is -0.0994. The largest absolute Gasteiger partial charge is 0.389 e. The number of aliphatic hydroxyl groups is 1. The van der Waals surface area contributed by atoms with Crippen LogP contribution in [-0.2, 0) is 16.1 Å². The summed E-state index contributed by atoms with van der Waals surface area (Å²) >= 11 is 0. The Labute approximate surface area is 147 Å². The maximum Gasteiger partial charge on any atom is 0.234 e. The van der Waals surface area contributed by atoms with Crippen LogP contribution in [0.5, 0.6) is 0 Å². The van der Waals surface area contributed by atoms with Gasteiger partial charge in [-0.1, -0.05) is 12.1 Å². The molecule has 25 heavy (non-hydrogen) atoms. The van der Waals surface area contributed by atoms with Crippen molar-refractivity contribution in [2.24, 2.45) is 0 Å².